The maximum atomic E-state index is 12.6. The molecule has 0 radical (unpaired) electrons. The highest BCUT2D eigenvalue weighted by atomic mass is 32.2. The summed E-state index contributed by atoms with van der Waals surface area (Å²) < 4.78 is 49.0. The van der Waals surface area contributed by atoms with Gasteiger partial charge in [-0.05, 0) is 12.1 Å². The monoisotopic (exact) mass is 382 g/mol. The normalized spacial score (nSPS) is 27.7. The molecular weight excluding hydrogens is 364 g/mol. The van der Waals surface area contributed by atoms with Crippen molar-refractivity contribution >= 4 is 16.0 Å². The summed E-state index contributed by atoms with van der Waals surface area (Å²) >= 11 is 0. The van der Waals surface area contributed by atoms with Crippen LogP contribution in [0.3, 0.4) is 0 Å². The molecular formula is C16H18N2O7S. The van der Waals surface area contributed by atoms with Crippen molar-refractivity contribution < 1.29 is 32.2 Å². The zero-order valence-electron chi connectivity index (χ0n) is 14.0. The molecule has 4 unspecified atom stereocenters. The Hall–Kier alpha value is -2.03. The molecule has 4 atom stereocenters. The largest absolute Gasteiger partial charge is 0.467 e. The van der Waals surface area contributed by atoms with Gasteiger partial charge in [0.25, 0.3) is 0 Å². The zero-order valence-corrected chi connectivity index (χ0v) is 14.8. The van der Waals surface area contributed by atoms with Gasteiger partial charge in [0.1, 0.15) is 31.0 Å². The third-order valence-electron chi connectivity index (χ3n) is 4.25. The molecule has 1 aromatic rings. The highest BCUT2D eigenvalue weighted by Gasteiger charge is 2.49. The molecule has 0 amide bonds. The number of nitrogens with zero attached hydrogens (tertiary/aromatic N) is 1. The molecule has 2 saturated heterocycles. The number of sulfonamides is 1. The fourth-order valence-electron chi connectivity index (χ4n) is 3.00. The molecule has 2 aliphatic rings. The van der Waals surface area contributed by atoms with Crippen molar-refractivity contribution in [1.82, 2.24) is 4.72 Å². The SMILES string of the molecule is COC(=O)COC1COC2C(NS(=O)(=O)c3ccccc3C#N)COC12. The smallest absolute Gasteiger partial charge is 0.331 e. The van der Waals surface area contributed by atoms with E-state index in [1.165, 1.54) is 19.2 Å². The van der Waals surface area contributed by atoms with E-state index in [0.717, 1.165) is 0 Å². The number of fused-ring (bicyclic) bond motifs is 1. The molecule has 1 N–H and O–H groups in total. The second-order valence-electron chi connectivity index (χ2n) is 5.86. The Bertz CT molecular complexity index is 820. The van der Waals surface area contributed by atoms with E-state index in [0.29, 0.717) is 0 Å². The van der Waals surface area contributed by atoms with E-state index in [1.54, 1.807) is 12.1 Å². The second kappa shape index (κ2) is 7.69. The quantitative estimate of drug-likeness (QED) is 0.657. The Balaban J connectivity index is 1.67. The van der Waals surface area contributed by atoms with Gasteiger partial charge < -0.3 is 18.9 Å². The van der Waals surface area contributed by atoms with Gasteiger partial charge in [-0.25, -0.2) is 17.9 Å². The van der Waals surface area contributed by atoms with Gasteiger partial charge in [-0.3, -0.25) is 0 Å². The van der Waals surface area contributed by atoms with E-state index in [1.807, 2.05) is 6.07 Å². The maximum Gasteiger partial charge on any atom is 0.331 e. The Morgan fingerprint density at radius 1 is 1.31 bits per heavy atom. The number of rotatable bonds is 6. The van der Waals surface area contributed by atoms with Crippen LogP contribution in [-0.2, 0) is 33.8 Å². The maximum absolute atomic E-state index is 12.6. The van der Waals surface area contributed by atoms with Gasteiger partial charge in [0.05, 0.1) is 36.8 Å². The van der Waals surface area contributed by atoms with E-state index in [4.69, 9.17) is 19.5 Å². The highest BCUT2D eigenvalue weighted by Crippen LogP contribution is 2.30. The van der Waals surface area contributed by atoms with E-state index >= 15 is 0 Å². The van der Waals surface area contributed by atoms with Gasteiger partial charge in [0, 0.05) is 0 Å². The standard InChI is InChI=1S/C16H18N2O7S/c1-22-14(19)9-23-12-8-25-15-11(7-24-16(12)15)18-26(20,21)13-5-3-2-4-10(13)6-17/h2-5,11-12,15-16,18H,7-9H2,1H3. The van der Waals surface area contributed by atoms with Gasteiger partial charge >= 0.3 is 5.97 Å². The number of esters is 1. The predicted octanol–water partition coefficient (Wildman–Crippen LogP) is -0.439. The summed E-state index contributed by atoms with van der Waals surface area (Å²) in [7, 11) is -2.66. The van der Waals surface area contributed by atoms with Crippen LogP contribution in [0.4, 0.5) is 0 Å². The number of nitrogens with one attached hydrogen (secondary N) is 1. The van der Waals surface area contributed by atoms with Crippen LogP contribution >= 0.6 is 0 Å². The molecule has 3 rings (SSSR count). The van der Waals surface area contributed by atoms with Gasteiger partial charge in [-0.2, -0.15) is 5.26 Å². The lowest BCUT2D eigenvalue weighted by Gasteiger charge is -2.18. The van der Waals surface area contributed by atoms with E-state index < -0.39 is 40.3 Å². The van der Waals surface area contributed by atoms with Crippen LogP contribution in [0.2, 0.25) is 0 Å². The molecule has 0 bridgehead atoms. The third kappa shape index (κ3) is 3.72. The first-order valence-electron chi connectivity index (χ1n) is 7.89. The van der Waals surface area contributed by atoms with Crippen LogP contribution < -0.4 is 4.72 Å². The fourth-order valence-corrected chi connectivity index (χ4v) is 4.39. The van der Waals surface area contributed by atoms with Crippen molar-refractivity contribution in [3.63, 3.8) is 0 Å². The number of hydrogen-bond donors (Lipinski definition) is 1. The Morgan fingerprint density at radius 2 is 2.04 bits per heavy atom. The minimum Gasteiger partial charge on any atom is -0.467 e. The summed E-state index contributed by atoms with van der Waals surface area (Å²) in [5.74, 6) is -0.517. The fraction of sp³-hybridized carbons (Fsp3) is 0.500. The molecule has 10 heteroatoms. The summed E-state index contributed by atoms with van der Waals surface area (Å²) in [4.78, 5) is 11.1. The molecule has 1 aromatic carbocycles. The molecule has 26 heavy (non-hydrogen) atoms. The van der Waals surface area contributed by atoms with E-state index in [-0.39, 0.29) is 30.3 Å². The molecule has 9 nitrogen and oxygen atoms in total. The number of hydrogen-bond acceptors (Lipinski definition) is 8. The summed E-state index contributed by atoms with van der Waals surface area (Å²) in [6.07, 6.45) is -1.51. The first-order valence-corrected chi connectivity index (χ1v) is 9.37. The first-order chi connectivity index (χ1) is 12.5. The minimum atomic E-state index is -3.92. The average Bonchev–Trinajstić information content (AvgIpc) is 3.22. The molecule has 2 heterocycles. The van der Waals surface area contributed by atoms with Crippen LogP contribution in [0, 0.1) is 11.3 Å². The molecule has 0 saturated carbocycles. The summed E-state index contributed by atoms with van der Waals surface area (Å²) in [5.41, 5.74) is 0.0575. The lowest BCUT2D eigenvalue weighted by Crippen LogP contribution is -2.44. The van der Waals surface area contributed by atoms with Gasteiger partial charge in [-0.1, -0.05) is 12.1 Å². The van der Waals surface area contributed by atoms with Crippen molar-refractivity contribution in [2.24, 2.45) is 0 Å². The van der Waals surface area contributed by atoms with Crippen molar-refractivity contribution in [1.29, 1.82) is 5.26 Å². The first kappa shape index (κ1) is 18.8. The van der Waals surface area contributed by atoms with Crippen LogP contribution in [0.25, 0.3) is 0 Å². The van der Waals surface area contributed by atoms with Crippen LogP contribution in [0.5, 0.6) is 0 Å². The van der Waals surface area contributed by atoms with E-state index in [9.17, 15) is 13.2 Å². The summed E-state index contributed by atoms with van der Waals surface area (Å²) in [6.45, 7) is 0.0454. The number of ether oxygens (including phenoxy) is 4. The molecule has 0 spiro atoms. The van der Waals surface area contributed by atoms with Crippen molar-refractivity contribution in [2.45, 2.75) is 29.2 Å². The zero-order chi connectivity index (χ0) is 18.7. The van der Waals surface area contributed by atoms with Crippen molar-refractivity contribution in [3.05, 3.63) is 29.8 Å². The number of benzene rings is 1. The second-order valence-corrected chi connectivity index (χ2v) is 7.54. The topological polar surface area (TPSA) is 124 Å². The van der Waals surface area contributed by atoms with E-state index in [2.05, 4.69) is 9.46 Å². The lowest BCUT2D eigenvalue weighted by molar-refractivity contribution is -0.150. The molecule has 140 valence electrons. The minimum absolute atomic E-state index is 0.0575. The Morgan fingerprint density at radius 3 is 2.77 bits per heavy atom. The third-order valence-corrected chi connectivity index (χ3v) is 5.80. The average molecular weight is 382 g/mol. The summed E-state index contributed by atoms with van der Waals surface area (Å²) in [6, 6.07) is 7.19. The predicted molar refractivity (Wildman–Crippen MR) is 86.5 cm³/mol. The Labute approximate surface area is 150 Å². The van der Waals surface area contributed by atoms with Crippen LogP contribution in [0.15, 0.2) is 29.2 Å². The van der Waals surface area contributed by atoms with Gasteiger partial charge in [0.2, 0.25) is 10.0 Å². The molecule has 0 aliphatic carbocycles. The van der Waals surface area contributed by atoms with Gasteiger partial charge in [-0.15, -0.1) is 0 Å². The molecule has 0 aromatic heterocycles. The highest BCUT2D eigenvalue weighted by molar-refractivity contribution is 7.89. The van der Waals surface area contributed by atoms with Crippen molar-refractivity contribution in [2.75, 3.05) is 26.9 Å². The Kier molecular flexibility index (Phi) is 5.55. The summed E-state index contributed by atoms with van der Waals surface area (Å²) in [5, 5.41) is 9.11. The van der Waals surface area contributed by atoms with Gasteiger partial charge in [0.15, 0.2) is 0 Å². The molecule has 2 fully saturated rings. The lowest BCUT2D eigenvalue weighted by atomic mass is 10.1. The number of carbonyl (C=O) groups excluding carboxylic acids is 1. The van der Waals surface area contributed by atoms with Crippen LogP contribution in [0.1, 0.15) is 5.56 Å². The van der Waals surface area contributed by atoms with Crippen molar-refractivity contribution in [3.8, 4) is 6.07 Å². The number of nitriles is 1. The molecule has 2 aliphatic heterocycles. The van der Waals surface area contributed by atoms with Crippen LogP contribution in [-0.4, -0.2) is 65.7 Å². The number of methoxy groups -OCH3 is 1. The number of carbonyl (C=O) groups is 1.